The Hall–Kier alpha value is -0.600. The Morgan fingerprint density at radius 3 is 1.23 bits per heavy atom. The molecule has 0 rings (SSSR count). The maximum Gasteiger partial charge on any atom is 0.460 e. The Morgan fingerprint density at radius 1 is 0.846 bits per heavy atom. The smallest absolute Gasteiger partial charge is 0.352 e. The summed E-state index contributed by atoms with van der Waals surface area (Å²) >= 11 is 0. The maximum atomic E-state index is 11.7. The van der Waals surface area contributed by atoms with Crippen LogP contribution in [0, 0.1) is 6.36 Å². The van der Waals surface area contributed by atoms with E-state index in [0.717, 1.165) is 0 Å². The molecule has 0 saturated heterocycles. The minimum absolute atomic E-state index is 3.78. The van der Waals surface area contributed by atoms with Gasteiger partial charge in [0, 0.05) is 0 Å². The molecule has 0 bridgehead atoms. The third-order valence-corrected chi connectivity index (χ3v) is 1.01. The summed E-state index contributed by atoms with van der Waals surface area (Å²) in [6.07, 6.45) is -10.4. The summed E-state index contributed by atoms with van der Waals surface area (Å²) in [6, 6.07) is 0. The lowest BCUT2D eigenvalue weighted by Gasteiger charge is -2.27. The summed E-state index contributed by atoms with van der Waals surface area (Å²) < 4.78 is 91.5. The van der Waals surface area contributed by atoms with Crippen molar-refractivity contribution in [3.63, 3.8) is 0 Å². The molecule has 0 atom stereocenters. The van der Waals surface area contributed by atoms with Crippen LogP contribution in [-0.2, 0) is 0 Å². The molecule has 0 aliphatic carbocycles. The first-order valence-corrected chi connectivity index (χ1v) is 2.49. The Bertz CT molecular complexity index is 181. The molecule has 0 aromatic rings. The number of hydrogen-bond acceptors (Lipinski definition) is 1. The summed E-state index contributed by atoms with van der Waals surface area (Å²) in [5.74, 6) is -12.9. The molecule has 0 unspecified atom stereocenters. The lowest BCUT2D eigenvalue weighted by atomic mass is 10.1. The summed E-state index contributed by atoms with van der Waals surface area (Å²) in [4.78, 5) is 0. The number of halogens is 8. The molecule has 1 nitrogen and oxygen atoms in total. The van der Waals surface area contributed by atoms with Crippen LogP contribution in [0.3, 0.4) is 0 Å². The third-order valence-electron chi connectivity index (χ3n) is 1.01. The predicted molar refractivity (Wildman–Crippen MR) is 22.2 cm³/mol. The second-order valence-electron chi connectivity index (χ2n) is 1.94. The fraction of sp³-hybridized carbons (Fsp3) is 0.750. The van der Waals surface area contributed by atoms with E-state index in [4.69, 9.17) is 5.11 Å². The van der Waals surface area contributed by atoms with E-state index in [1.807, 2.05) is 0 Å². The second-order valence-corrected chi connectivity index (χ2v) is 1.94. The van der Waals surface area contributed by atoms with Crippen LogP contribution in [0.4, 0.5) is 35.1 Å². The molecule has 79 valence electrons. The fourth-order valence-electron chi connectivity index (χ4n) is 0.308. The number of alkyl halides is 7. The van der Waals surface area contributed by atoms with Crippen molar-refractivity contribution in [2.24, 2.45) is 0 Å². The highest BCUT2D eigenvalue weighted by molar-refractivity contribution is 4.99. The van der Waals surface area contributed by atoms with Gasteiger partial charge in [-0.3, -0.25) is 0 Å². The van der Waals surface area contributed by atoms with E-state index in [1.54, 1.807) is 0 Å². The van der Waals surface area contributed by atoms with Crippen LogP contribution < -0.4 is 0 Å². The van der Waals surface area contributed by atoms with Crippen molar-refractivity contribution in [3.8, 4) is 0 Å². The lowest BCUT2D eigenvalue weighted by Crippen LogP contribution is -2.54. The van der Waals surface area contributed by atoms with Gasteiger partial charge in [0.15, 0.2) is 0 Å². The molecule has 0 aromatic heterocycles. The van der Waals surface area contributed by atoms with Gasteiger partial charge in [-0.2, -0.15) is 35.1 Å². The number of aliphatic hydroxyl groups excluding tert-OH is 1. The van der Waals surface area contributed by atoms with Crippen LogP contribution in [0.25, 0.3) is 0 Å². The van der Waals surface area contributed by atoms with Crippen LogP contribution >= 0.6 is 0 Å². The first kappa shape index (κ1) is 12.4. The van der Waals surface area contributed by atoms with Crippen molar-refractivity contribution in [2.75, 3.05) is 0 Å². The van der Waals surface area contributed by atoms with Crippen LogP contribution in [0.5, 0.6) is 0 Å². The lowest BCUT2D eigenvalue weighted by molar-refractivity contribution is -0.364. The highest BCUT2D eigenvalue weighted by Gasteiger charge is 2.76. The predicted octanol–water partition coefficient (Wildman–Crippen LogP) is 2.65. The van der Waals surface area contributed by atoms with E-state index in [0.29, 0.717) is 0 Å². The standard InChI is InChI=1S/C4HF8O/c5-1(13)2(6,7)3(8,9)4(10,11)12/h13H. The van der Waals surface area contributed by atoms with E-state index < -0.39 is 24.4 Å². The first-order valence-electron chi connectivity index (χ1n) is 2.49. The normalized spacial score (nSPS) is 15.2. The monoisotopic (exact) mass is 217 g/mol. The molecular formula is C4HF8O. The van der Waals surface area contributed by atoms with Crippen molar-refractivity contribution in [1.29, 1.82) is 0 Å². The topological polar surface area (TPSA) is 20.2 Å². The van der Waals surface area contributed by atoms with Crippen LogP contribution in [-0.4, -0.2) is 23.1 Å². The van der Waals surface area contributed by atoms with Crippen molar-refractivity contribution in [2.45, 2.75) is 18.0 Å². The van der Waals surface area contributed by atoms with Crippen molar-refractivity contribution >= 4 is 0 Å². The number of aliphatic hydroxyl groups is 1. The minimum atomic E-state index is -6.64. The van der Waals surface area contributed by atoms with E-state index in [9.17, 15) is 35.1 Å². The molecule has 1 radical (unpaired) electrons. The van der Waals surface area contributed by atoms with E-state index in [2.05, 4.69) is 0 Å². The molecule has 0 aliphatic rings. The second kappa shape index (κ2) is 2.96. The Labute approximate surface area is 66.0 Å². The Kier molecular flexibility index (Phi) is 2.83. The zero-order chi connectivity index (χ0) is 11.1. The largest absolute Gasteiger partial charge is 0.460 e. The zero-order valence-corrected chi connectivity index (χ0v) is 5.47. The highest BCUT2D eigenvalue weighted by Crippen LogP contribution is 2.50. The van der Waals surface area contributed by atoms with Crippen molar-refractivity contribution < 1.29 is 40.2 Å². The van der Waals surface area contributed by atoms with Gasteiger partial charge in [0.25, 0.3) is 0 Å². The molecule has 0 amide bonds. The number of hydrogen-bond donors (Lipinski definition) is 1. The van der Waals surface area contributed by atoms with Gasteiger partial charge < -0.3 is 5.11 Å². The quantitative estimate of drug-likeness (QED) is 0.705. The summed E-state index contributed by atoms with van der Waals surface area (Å²) in [5.41, 5.74) is 0. The molecule has 0 saturated carbocycles. The average Bonchev–Trinajstić information content (AvgIpc) is 1.84. The van der Waals surface area contributed by atoms with Gasteiger partial charge in [-0.15, -0.1) is 0 Å². The molecule has 0 aromatic carbocycles. The molecule has 13 heavy (non-hydrogen) atoms. The third kappa shape index (κ3) is 1.84. The SMILES string of the molecule is O[C](F)C(F)(F)C(F)(F)C(F)(F)F. The fourth-order valence-corrected chi connectivity index (χ4v) is 0.308. The van der Waals surface area contributed by atoms with Gasteiger partial charge in [0.2, 0.25) is 0 Å². The summed E-state index contributed by atoms with van der Waals surface area (Å²) in [5, 5.41) is 7.30. The molecule has 0 spiro atoms. The molecule has 1 N–H and O–H groups in total. The van der Waals surface area contributed by atoms with Gasteiger partial charge in [-0.1, -0.05) is 0 Å². The van der Waals surface area contributed by atoms with Gasteiger partial charge in [-0.25, -0.2) is 0 Å². The van der Waals surface area contributed by atoms with Crippen LogP contribution in [0.15, 0.2) is 0 Å². The van der Waals surface area contributed by atoms with Crippen LogP contribution in [0.1, 0.15) is 0 Å². The Balaban J connectivity index is 5.04. The van der Waals surface area contributed by atoms with Gasteiger partial charge in [0.05, 0.1) is 0 Å². The van der Waals surface area contributed by atoms with Gasteiger partial charge >= 0.3 is 24.4 Å². The molecular weight excluding hydrogens is 216 g/mol. The zero-order valence-electron chi connectivity index (χ0n) is 5.47. The molecule has 0 fully saturated rings. The number of rotatable bonds is 2. The van der Waals surface area contributed by atoms with E-state index in [1.165, 1.54) is 0 Å². The van der Waals surface area contributed by atoms with Gasteiger partial charge in [-0.05, 0) is 0 Å². The first-order chi connectivity index (χ1) is 5.44. The van der Waals surface area contributed by atoms with Gasteiger partial charge in [0.1, 0.15) is 0 Å². The summed E-state index contributed by atoms with van der Waals surface area (Å²) in [7, 11) is 0. The molecule has 9 heteroatoms. The van der Waals surface area contributed by atoms with Crippen molar-refractivity contribution in [1.82, 2.24) is 0 Å². The van der Waals surface area contributed by atoms with Crippen molar-refractivity contribution in [3.05, 3.63) is 6.36 Å². The summed E-state index contributed by atoms with van der Waals surface area (Å²) in [6.45, 7) is 0. The highest BCUT2D eigenvalue weighted by atomic mass is 19.4. The average molecular weight is 217 g/mol. The van der Waals surface area contributed by atoms with E-state index in [-0.39, 0.29) is 0 Å². The Morgan fingerprint density at radius 2 is 1.15 bits per heavy atom. The molecule has 0 heterocycles. The van der Waals surface area contributed by atoms with E-state index >= 15 is 0 Å². The molecule has 0 aliphatic heterocycles. The maximum absolute atomic E-state index is 11.7. The minimum Gasteiger partial charge on any atom is -0.352 e. The van der Waals surface area contributed by atoms with Crippen LogP contribution in [0.2, 0.25) is 0 Å².